The molecule has 4 aromatic rings. The fourth-order valence-corrected chi connectivity index (χ4v) is 3.92. The first-order valence-corrected chi connectivity index (χ1v) is 12.7. The molecule has 1 heterocycles. The van der Waals surface area contributed by atoms with Gasteiger partial charge in [0.1, 0.15) is 12.4 Å². The highest BCUT2D eigenvalue weighted by Gasteiger charge is 2.23. The summed E-state index contributed by atoms with van der Waals surface area (Å²) in [6.07, 6.45) is 0. The molecule has 2 N–H and O–H groups in total. The second kappa shape index (κ2) is 11.3. The molecule has 0 aliphatic carbocycles. The number of carbonyl (C=O) groups is 2. The van der Waals surface area contributed by atoms with Gasteiger partial charge in [-0.3, -0.25) is 4.79 Å². The van der Waals surface area contributed by atoms with Gasteiger partial charge in [0.15, 0.2) is 0 Å². The lowest BCUT2D eigenvalue weighted by molar-refractivity contribution is -0.116. The van der Waals surface area contributed by atoms with Crippen molar-refractivity contribution in [1.82, 2.24) is 14.7 Å². The summed E-state index contributed by atoms with van der Waals surface area (Å²) < 4.78 is 1.74. The van der Waals surface area contributed by atoms with E-state index in [1.165, 1.54) is 4.90 Å². The second-order valence-corrected chi connectivity index (χ2v) is 10.6. The molecule has 0 saturated heterocycles. The van der Waals surface area contributed by atoms with Gasteiger partial charge in [0, 0.05) is 23.7 Å². The molecule has 0 aliphatic heterocycles. The standard InChI is InChI=1S/C31H35N5O2/c1-22-11-15-25(16-12-22)32-30(38)35(20-24-9-7-6-8-10-24)21-29(37)33-28-19-27(31(3,4)5)34-36(28)26-17-13-23(2)14-18-26/h6-19H,20-21H2,1-5H3,(H,32,38)(H,33,37). The van der Waals surface area contributed by atoms with Crippen LogP contribution in [0.4, 0.5) is 16.3 Å². The maximum absolute atomic E-state index is 13.3. The number of rotatable bonds is 7. The second-order valence-electron chi connectivity index (χ2n) is 10.6. The van der Waals surface area contributed by atoms with Crippen molar-refractivity contribution in [3.05, 3.63) is 107 Å². The van der Waals surface area contributed by atoms with E-state index in [0.29, 0.717) is 11.5 Å². The van der Waals surface area contributed by atoms with Gasteiger partial charge in [-0.05, 0) is 43.7 Å². The van der Waals surface area contributed by atoms with Crippen LogP contribution in [-0.2, 0) is 16.8 Å². The van der Waals surface area contributed by atoms with Crippen molar-refractivity contribution in [3.8, 4) is 5.69 Å². The Kier molecular flexibility index (Phi) is 7.96. The molecule has 3 aromatic carbocycles. The lowest BCUT2D eigenvalue weighted by atomic mass is 9.92. The zero-order valence-electron chi connectivity index (χ0n) is 22.7. The minimum Gasteiger partial charge on any atom is -0.311 e. The van der Waals surface area contributed by atoms with Gasteiger partial charge in [-0.2, -0.15) is 5.10 Å². The number of anilines is 2. The van der Waals surface area contributed by atoms with Crippen LogP contribution < -0.4 is 10.6 Å². The highest BCUT2D eigenvalue weighted by molar-refractivity contribution is 5.96. The summed E-state index contributed by atoms with van der Waals surface area (Å²) in [5.41, 5.74) is 5.33. The zero-order valence-corrected chi connectivity index (χ0v) is 22.7. The minimum absolute atomic E-state index is 0.128. The van der Waals surface area contributed by atoms with Gasteiger partial charge in [0.25, 0.3) is 0 Å². The van der Waals surface area contributed by atoms with E-state index in [2.05, 4.69) is 31.4 Å². The number of hydrogen-bond donors (Lipinski definition) is 2. The predicted molar refractivity (Wildman–Crippen MR) is 153 cm³/mol. The van der Waals surface area contributed by atoms with E-state index in [4.69, 9.17) is 5.10 Å². The Balaban J connectivity index is 1.57. The molecule has 0 aliphatic rings. The molecule has 3 amide bonds. The van der Waals surface area contributed by atoms with Crippen molar-refractivity contribution in [2.45, 2.75) is 46.6 Å². The first-order chi connectivity index (χ1) is 18.1. The zero-order chi connectivity index (χ0) is 27.3. The third-order valence-corrected chi connectivity index (χ3v) is 6.16. The Labute approximate surface area is 224 Å². The third-order valence-electron chi connectivity index (χ3n) is 6.16. The van der Waals surface area contributed by atoms with Gasteiger partial charge in [0.05, 0.1) is 11.4 Å². The lowest BCUT2D eigenvalue weighted by Crippen LogP contribution is -2.40. The molecule has 0 unspecified atom stereocenters. The minimum atomic E-state index is -0.352. The summed E-state index contributed by atoms with van der Waals surface area (Å²) in [5, 5.41) is 10.7. The number of hydrogen-bond acceptors (Lipinski definition) is 3. The lowest BCUT2D eigenvalue weighted by Gasteiger charge is -2.23. The van der Waals surface area contributed by atoms with Gasteiger partial charge in [-0.25, -0.2) is 9.48 Å². The molecule has 0 fully saturated rings. The van der Waals surface area contributed by atoms with Crippen molar-refractivity contribution in [2.75, 3.05) is 17.2 Å². The molecule has 196 valence electrons. The molecule has 1 aromatic heterocycles. The topological polar surface area (TPSA) is 79.3 Å². The van der Waals surface area contributed by atoms with Crippen molar-refractivity contribution >= 4 is 23.4 Å². The van der Waals surface area contributed by atoms with Crippen molar-refractivity contribution in [1.29, 1.82) is 0 Å². The number of amides is 3. The molecule has 7 nitrogen and oxygen atoms in total. The monoisotopic (exact) mass is 509 g/mol. The summed E-state index contributed by atoms with van der Waals surface area (Å²) in [6, 6.07) is 26.7. The number of nitrogens with zero attached hydrogens (tertiary/aromatic N) is 3. The van der Waals surface area contributed by atoms with Crippen LogP contribution in [0.5, 0.6) is 0 Å². The molecule has 0 radical (unpaired) electrons. The molecule has 0 atom stereocenters. The van der Waals surface area contributed by atoms with Crippen LogP contribution in [0.1, 0.15) is 43.2 Å². The van der Waals surface area contributed by atoms with E-state index in [9.17, 15) is 9.59 Å². The number of urea groups is 1. The fraction of sp³-hybridized carbons (Fsp3) is 0.258. The van der Waals surface area contributed by atoms with E-state index in [-0.39, 0.29) is 30.4 Å². The van der Waals surface area contributed by atoms with E-state index >= 15 is 0 Å². The molecule has 0 saturated carbocycles. The number of nitrogens with one attached hydrogen (secondary N) is 2. The SMILES string of the molecule is Cc1ccc(NC(=O)N(CC(=O)Nc2cc(C(C)(C)C)nn2-c2ccc(C)cc2)Cc2ccccc2)cc1. The average Bonchev–Trinajstić information content (AvgIpc) is 3.30. The third kappa shape index (κ3) is 6.88. The largest absolute Gasteiger partial charge is 0.322 e. The number of carbonyl (C=O) groups excluding carboxylic acids is 2. The van der Waals surface area contributed by atoms with E-state index < -0.39 is 0 Å². The van der Waals surface area contributed by atoms with Crippen LogP contribution in [0.25, 0.3) is 5.69 Å². The van der Waals surface area contributed by atoms with Crippen LogP contribution in [0.15, 0.2) is 84.9 Å². The average molecular weight is 510 g/mol. The predicted octanol–water partition coefficient (Wildman–Crippen LogP) is 6.46. The number of aryl methyl sites for hydroxylation is 2. The number of benzene rings is 3. The Morgan fingerprint density at radius 1 is 0.842 bits per heavy atom. The number of aromatic nitrogens is 2. The fourth-order valence-electron chi connectivity index (χ4n) is 3.92. The van der Waals surface area contributed by atoms with E-state index in [1.807, 2.05) is 98.8 Å². The molecule has 7 heteroatoms. The molecule has 0 spiro atoms. The Morgan fingerprint density at radius 3 is 2.05 bits per heavy atom. The van der Waals surface area contributed by atoms with E-state index in [1.54, 1.807) is 4.68 Å². The van der Waals surface area contributed by atoms with Gasteiger partial charge in [-0.15, -0.1) is 0 Å². The quantitative estimate of drug-likeness (QED) is 0.300. The highest BCUT2D eigenvalue weighted by Crippen LogP contribution is 2.26. The summed E-state index contributed by atoms with van der Waals surface area (Å²) >= 11 is 0. The first-order valence-electron chi connectivity index (χ1n) is 12.7. The van der Waals surface area contributed by atoms with Gasteiger partial charge in [0.2, 0.25) is 5.91 Å². The van der Waals surface area contributed by atoms with Crippen molar-refractivity contribution < 1.29 is 9.59 Å². The maximum Gasteiger partial charge on any atom is 0.322 e. The van der Waals surface area contributed by atoms with Crippen molar-refractivity contribution in [3.63, 3.8) is 0 Å². The van der Waals surface area contributed by atoms with Crippen LogP contribution in [0.3, 0.4) is 0 Å². The molecular formula is C31H35N5O2. The van der Waals surface area contributed by atoms with Crippen LogP contribution in [-0.4, -0.2) is 33.2 Å². The summed E-state index contributed by atoms with van der Waals surface area (Å²) in [5.74, 6) is 0.246. The Morgan fingerprint density at radius 2 is 1.45 bits per heavy atom. The highest BCUT2D eigenvalue weighted by atomic mass is 16.2. The van der Waals surface area contributed by atoms with Gasteiger partial charge in [-0.1, -0.05) is 86.5 Å². The van der Waals surface area contributed by atoms with Crippen LogP contribution >= 0.6 is 0 Å². The Bertz CT molecular complexity index is 1390. The normalized spacial score (nSPS) is 11.2. The van der Waals surface area contributed by atoms with Crippen molar-refractivity contribution in [2.24, 2.45) is 0 Å². The molecular weight excluding hydrogens is 474 g/mol. The molecule has 38 heavy (non-hydrogen) atoms. The first kappa shape index (κ1) is 26.7. The van der Waals surface area contributed by atoms with Gasteiger partial charge < -0.3 is 15.5 Å². The Hall–Kier alpha value is -4.39. The summed E-state index contributed by atoms with van der Waals surface area (Å²) in [4.78, 5) is 28.1. The van der Waals surface area contributed by atoms with E-state index in [0.717, 1.165) is 28.1 Å². The maximum atomic E-state index is 13.3. The molecule has 4 rings (SSSR count). The van der Waals surface area contributed by atoms with Crippen LogP contribution in [0.2, 0.25) is 0 Å². The molecule has 0 bridgehead atoms. The smallest absolute Gasteiger partial charge is 0.311 e. The summed E-state index contributed by atoms with van der Waals surface area (Å²) in [6.45, 7) is 10.4. The van der Waals surface area contributed by atoms with Gasteiger partial charge >= 0.3 is 6.03 Å². The summed E-state index contributed by atoms with van der Waals surface area (Å²) in [7, 11) is 0. The van der Waals surface area contributed by atoms with Crippen LogP contribution in [0, 0.1) is 13.8 Å².